The topological polar surface area (TPSA) is 36.4 Å². The number of ketones is 1. The van der Waals surface area contributed by atoms with Crippen LogP contribution in [0.3, 0.4) is 0 Å². The Morgan fingerprint density at radius 3 is 2.50 bits per heavy atom. The number of alkyl halides is 3. The molecule has 0 amide bonds. The van der Waals surface area contributed by atoms with Crippen LogP contribution < -0.4 is 9.80 Å². The number of aryl methyl sites for hydroxylation is 1. The smallest absolute Gasteiger partial charge is 0.366 e. The van der Waals surface area contributed by atoms with Crippen LogP contribution in [0.15, 0.2) is 42.6 Å². The molecule has 3 rings (SSSR count). The molecule has 8 heteroatoms. The third kappa shape index (κ3) is 5.45. The lowest BCUT2D eigenvalue weighted by molar-refractivity contribution is -0.152. The van der Waals surface area contributed by atoms with Crippen LogP contribution in [0.25, 0.3) is 0 Å². The summed E-state index contributed by atoms with van der Waals surface area (Å²) in [6, 6.07) is 12.0. The first-order chi connectivity index (χ1) is 14.1. The molecule has 30 heavy (non-hydrogen) atoms. The predicted molar refractivity (Wildman–Crippen MR) is 113 cm³/mol. The fourth-order valence-corrected chi connectivity index (χ4v) is 4.24. The van der Waals surface area contributed by atoms with Gasteiger partial charge in [-0.25, -0.2) is 0 Å². The number of halogens is 4. The second kappa shape index (κ2) is 8.84. The van der Waals surface area contributed by atoms with Gasteiger partial charge in [0.05, 0.1) is 21.9 Å². The van der Waals surface area contributed by atoms with Gasteiger partial charge in [0, 0.05) is 37.9 Å². The third-order valence-corrected chi connectivity index (χ3v) is 5.70. The first-order valence-electron chi connectivity index (χ1n) is 9.86. The number of piperazine rings is 1. The van der Waals surface area contributed by atoms with Gasteiger partial charge in [0.1, 0.15) is 12.2 Å². The van der Waals surface area contributed by atoms with E-state index in [1.54, 1.807) is 6.20 Å². The monoisotopic (exact) mass is 439 g/mol. The number of anilines is 2. The van der Waals surface area contributed by atoms with Crippen molar-refractivity contribution in [1.29, 1.82) is 0 Å². The van der Waals surface area contributed by atoms with Crippen LogP contribution >= 0.6 is 11.6 Å². The summed E-state index contributed by atoms with van der Waals surface area (Å²) in [5.41, 5.74) is 2.25. The summed E-state index contributed by atoms with van der Waals surface area (Å²) in [5.74, 6) is -0.858. The average molecular weight is 440 g/mol. The highest BCUT2D eigenvalue weighted by Gasteiger charge is 2.35. The van der Waals surface area contributed by atoms with E-state index in [-0.39, 0.29) is 18.4 Å². The third-order valence-electron chi connectivity index (χ3n) is 5.29. The molecule has 1 fully saturated rings. The van der Waals surface area contributed by atoms with Crippen molar-refractivity contribution in [2.75, 3.05) is 29.4 Å². The van der Waals surface area contributed by atoms with Crippen molar-refractivity contribution in [3.8, 4) is 0 Å². The molecule has 0 radical (unpaired) electrons. The summed E-state index contributed by atoms with van der Waals surface area (Å²) < 4.78 is 37.1. The summed E-state index contributed by atoms with van der Waals surface area (Å²) in [6.07, 6.45) is -4.45. The van der Waals surface area contributed by atoms with Gasteiger partial charge >= 0.3 is 6.18 Å². The van der Waals surface area contributed by atoms with Crippen LogP contribution in [0.4, 0.5) is 24.5 Å². The molecule has 162 valence electrons. The number of rotatable bonds is 6. The second-order valence-electron chi connectivity index (χ2n) is 8.14. The number of para-hydroxylation sites is 1. The van der Waals surface area contributed by atoms with Crippen LogP contribution in [0.2, 0.25) is 5.02 Å². The van der Waals surface area contributed by atoms with Crippen molar-refractivity contribution >= 4 is 28.8 Å². The Hall–Kier alpha value is -2.28. The fraction of sp³-hybridized carbons (Fsp3) is 0.455. The summed E-state index contributed by atoms with van der Waals surface area (Å²) in [6.45, 7) is 6.59. The van der Waals surface area contributed by atoms with Crippen molar-refractivity contribution in [1.82, 2.24) is 4.98 Å². The highest BCUT2D eigenvalue weighted by Crippen LogP contribution is 2.34. The minimum Gasteiger partial charge on any atom is -0.366 e. The van der Waals surface area contributed by atoms with Crippen LogP contribution in [0.5, 0.6) is 0 Å². The van der Waals surface area contributed by atoms with E-state index in [0.717, 1.165) is 31.0 Å². The van der Waals surface area contributed by atoms with Gasteiger partial charge in [0.2, 0.25) is 0 Å². The standard InChI is InChI=1S/C22H25ClF3N3O/c1-21(2)15-28(12-13-29(21)16-6-4-3-5-7-16)19-10-11-27-18(20(19)23)9-8-17(30)14-22(24,25)26/h3-7,10-11H,8-9,12-15H2,1-2H3. The zero-order chi connectivity index (χ0) is 21.9. The molecule has 0 unspecified atom stereocenters. The van der Waals surface area contributed by atoms with Gasteiger partial charge in [-0.15, -0.1) is 0 Å². The van der Waals surface area contributed by atoms with Gasteiger partial charge in [-0.3, -0.25) is 9.78 Å². The molecule has 0 aliphatic carbocycles. The lowest BCUT2D eigenvalue weighted by atomic mass is 9.97. The maximum atomic E-state index is 12.4. The molecule has 0 N–H and O–H groups in total. The van der Waals surface area contributed by atoms with E-state index in [0.29, 0.717) is 10.7 Å². The normalized spacial score (nSPS) is 16.6. The summed E-state index contributed by atoms with van der Waals surface area (Å²) in [4.78, 5) is 20.3. The molecule has 1 aliphatic rings. The van der Waals surface area contributed by atoms with E-state index < -0.39 is 18.4 Å². The molecule has 2 aromatic rings. The molecule has 0 bridgehead atoms. The summed E-state index contributed by atoms with van der Waals surface area (Å²) in [7, 11) is 0. The van der Waals surface area contributed by atoms with Crippen molar-refractivity contribution in [2.45, 2.75) is 44.8 Å². The van der Waals surface area contributed by atoms with Crippen molar-refractivity contribution < 1.29 is 18.0 Å². The Morgan fingerprint density at radius 1 is 1.17 bits per heavy atom. The van der Waals surface area contributed by atoms with E-state index in [4.69, 9.17) is 11.6 Å². The van der Waals surface area contributed by atoms with E-state index in [1.165, 1.54) is 0 Å². The SMILES string of the molecule is CC1(C)CN(c2ccnc(CCC(=O)CC(F)(F)F)c2Cl)CCN1c1ccccc1. The molecule has 1 saturated heterocycles. The molecule has 0 atom stereocenters. The number of carbonyl (C=O) groups excluding carboxylic acids is 1. The molecular formula is C22H25ClF3N3O. The number of Topliss-reactive ketones (excluding diaryl/α,β-unsaturated/α-hetero) is 1. The van der Waals surface area contributed by atoms with Crippen LogP contribution in [0, 0.1) is 0 Å². The molecule has 2 heterocycles. The van der Waals surface area contributed by atoms with Crippen molar-refractivity contribution in [3.05, 3.63) is 53.3 Å². The number of carbonyl (C=O) groups is 1. The molecule has 4 nitrogen and oxygen atoms in total. The van der Waals surface area contributed by atoms with Gasteiger partial charge in [-0.1, -0.05) is 29.8 Å². The summed E-state index contributed by atoms with van der Waals surface area (Å²) >= 11 is 6.55. The van der Waals surface area contributed by atoms with E-state index >= 15 is 0 Å². The number of nitrogens with zero attached hydrogens (tertiary/aromatic N) is 3. The largest absolute Gasteiger partial charge is 0.395 e. The number of hydrogen-bond donors (Lipinski definition) is 0. The first kappa shape index (κ1) is 22.4. The Labute approximate surface area is 179 Å². The molecule has 1 aromatic carbocycles. The highest BCUT2D eigenvalue weighted by atomic mass is 35.5. The predicted octanol–water partition coefficient (Wildman–Crippen LogP) is 5.29. The Balaban J connectivity index is 1.71. The molecular weight excluding hydrogens is 415 g/mol. The van der Waals surface area contributed by atoms with Crippen molar-refractivity contribution in [3.63, 3.8) is 0 Å². The lowest BCUT2D eigenvalue weighted by Gasteiger charge is -2.49. The molecule has 0 spiro atoms. The van der Waals surface area contributed by atoms with Crippen molar-refractivity contribution in [2.24, 2.45) is 0 Å². The molecule has 1 aromatic heterocycles. The number of hydrogen-bond acceptors (Lipinski definition) is 4. The quantitative estimate of drug-likeness (QED) is 0.612. The van der Waals surface area contributed by atoms with Gasteiger partial charge < -0.3 is 9.80 Å². The zero-order valence-electron chi connectivity index (χ0n) is 17.0. The zero-order valence-corrected chi connectivity index (χ0v) is 17.8. The molecule has 0 saturated carbocycles. The number of aromatic nitrogens is 1. The van der Waals surface area contributed by atoms with Gasteiger partial charge in [0.15, 0.2) is 0 Å². The van der Waals surface area contributed by atoms with Gasteiger partial charge in [-0.05, 0) is 38.5 Å². The maximum absolute atomic E-state index is 12.4. The molecule has 1 aliphatic heterocycles. The fourth-order valence-electron chi connectivity index (χ4n) is 3.91. The van der Waals surface area contributed by atoms with Crippen LogP contribution in [-0.4, -0.2) is 42.1 Å². The average Bonchev–Trinajstić information content (AvgIpc) is 2.65. The van der Waals surface area contributed by atoms with Crippen LogP contribution in [-0.2, 0) is 11.2 Å². The number of pyridine rings is 1. The Bertz CT molecular complexity index is 887. The lowest BCUT2D eigenvalue weighted by Crippen LogP contribution is -2.59. The Kier molecular flexibility index (Phi) is 6.60. The Morgan fingerprint density at radius 2 is 1.87 bits per heavy atom. The van der Waals surface area contributed by atoms with Gasteiger partial charge in [-0.2, -0.15) is 13.2 Å². The first-order valence-corrected chi connectivity index (χ1v) is 10.2. The summed E-state index contributed by atoms with van der Waals surface area (Å²) in [5, 5.41) is 0.404. The van der Waals surface area contributed by atoms with E-state index in [9.17, 15) is 18.0 Å². The second-order valence-corrected chi connectivity index (χ2v) is 8.52. The van der Waals surface area contributed by atoms with Crippen LogP contribution in [0.1, 0.15) is 32.4 Å². The number of benzene rings is 1. The maximum Gasteiger partial charge on any atom is 0.395 e. The minimum atomic E-state index is -4.49. The minimum absolute atomic E-state index is 0.0922. The van der Waals surface area contributed by atoms with E-state index in [2.05, 4.69) is 40.8 Å². The highest BCUT2D eigenvalue weighted by molar-refractivity contribution is 6.33. The van der Waals surface area contributed by atoms with Gasteiger partial charge in [0.25, 0.3) is 0 Å². The van der Waals surface area contributed by atoms with E-state index in [1.807, 2.05) is 24.3 Å².